The Morgan fingerprint density at radius 2 is 1.95 bits per heavy atom. The smallest absolute Gasteiger partial charge is 0.326 e. The second-order valence-corrected chi connectivity index (χ2v) is 5.59. The first-order chi connectivity index (χ1) is 8.91. The van der Waals surface area contributed by atoms with Crippen LogP contribution in [-0.2, 0) is 14.3 Å². The van der Waals surface area contributed by atoms with Gasteiger partial charge in [0, 0.05) is 19.8 Å². The summed E-state index contributed by atoms with van der Waals surface area (Å²) in [6, 6.07) is -0.848. The van der Waals surface area contributed by atoms with E-state index in [1.807, 2.05) is 13.8 Å². The topological polar surface area (TPSA) is 102 Å². The highest BCUT2D eigenvalue weighted by atomic mass is 16.5. The Morgan fingerprint density at radius 1 is 1.37 bits per heavy atom. The van der Waals surface area contributed by atoms with Crippen LogP contribution >= 0.6 is 0 Å². The van der Waals surface area contributed by atoms with Gasteiger partial charge >= 0.3 is 5.97 Å². The highest BCUT2D eigenvalue weighted by Gasteiger charge is 2.40. The SMILES string of the molecule is CC(C)C[C@H](NC(=O)C1(CN)CCOCC1)C(=O)O. The summed E-state index contributed by atoms with van der Waals surface area (Å²) in [5.41, 5.74) is 5.05. The van der Waals surface area contributed by atoms with Crippen LogP contribution in [0, 0.1) is 11.3 Å². The lowest BCUT2D eigenvalue weighted by Crippen LogP contribution is -2.53. The summed E-state index contributed by atoms with van der Waals surface area (Å²) in [6.07, 6.45) is 1.50. The van der Waals surface area contributed by atoms with E-state index >= 15 is 0 Å². The Labute approximate surface area is 113 Å². The Bertz CT molecular complexity index is 325. The van der Waals surface area contributed by atoms with Gasteiger partial charge in [-0.1, -0.05) is 13.8 Å². The van der Waals surface area contributed by atoms with Gasteiger partial charge < -0.3 is 20.9 Å². The van der Waals surface area contributed by atoms with Crippen molar-refractivity contribution < 1.29 is 19.4 Å². The van der Waals surface area contributed by atoms with Crippen LogP contribution in [0.1, 0.15) is 33.1 Å². The van der Waals surface area contributed by atoms with Gasteiger partial charge in [0.1, 0.15) is 6.04 Å². The van der Waals surface area contributed by atoms with Gasteiger partial charge in [0.25, 0.3) is 0 Å². The van der Waals surface area contributed by atoms with E-state index in [4.69, 9.17) is 15.6 Å². The number of nitrogens with two attached hydrogens (primary N) is 1. The second-order valence-electron chi connectivity index (χ2n) is 5.59. The molecule has 1 saturated heterocycles. The fourth-order valence-corrected chi connectivity index (χ4v) is 2.29. The molecule has 1 heterocycles. The molecule has 1 aliphatic heterocycles. The van der Waals surface area contributed by atoms with Crippen molar-refractivity contribution in [2.45, 2.75) is 39.2 Å². The van der Waals surface area contributed by atoms with Crippen molar-refractivity contribution in [3.63, 3.8) is 0 Å². The molecule has 1 aliphatic rings. The van der Waals surface area contributed by atoms with Crippen LogP contribution < -0.4 is 11.1 Å². The first-order valence-corrected chi connectivity index (χ1v) is 6.73. The summed E-state index contributed by atoms with van der Waals surface area (Å²) >= 11 is 0. The number of ether oxygens (including phenoxy) is 1. The molecule has 0 aromatic carbocycles. The maximum Gasteiger partial charge on any atom is 0.326 e. The number of carboxylic acids is 1. The van der Waals surface area contributed by atoms with Crippen LogP contribution in [0.4, 0.5) is 0 Å². The van der Waals surface area contributed by atoms with E-state index in [1.165, 1.54) is 0 Å². The zero-order chi connectivity index (χ0) is 14.5. The maximum absolute atomic E-state index is 12.3. The number of rotatable bonds is 6. The lowest BCUT2D eigenvalue weighted by molar-refractivity contribution is -0.146. The molecule has 1 fully saturated rings. The van der Waals surface area contributed by atoms with Gasteiger partial charge in [0.15, 0.2) is 0 Å². The average molecular weight is 272 g/mol. The molecule has 0 saturated carbocycles. The fraction of sp³-hybridized carbons (Fsp3) is 0.846. The van der Waals surface area contributed by atoms with Crippen LogP contribution in [0.15, 0.2) is 0 Å². The summed E-state index contributed by atoms with van der Waals surface area (Å²) in [7, 11) is 0. The monoisotopic (exact) mass is 272 g/mol. The molecule has 1 atom stereocenters. The predicted molar refractivity (Wildman–Crippen MR) is 70.6 cm³/mol. The number of aliphatic carboxylic acids is 1. The van der Waals surface area contributed by atoms with Crippen molar-refractivity contribution in [3.8, 4) is 0 Å². The Morgan fingerprint density at radius 3 is 2.37 bits per heavy atom. The van der Waals surface area contributed by atoms with Crippen LogP contribution in [-0.4, -0.2) is 42.8 Å². The molecule has 0 radical (unpaired) electrons. The molecule has 0 unspecified atom stereocenters. The number of carbonyl (C=O) groups excluding carboxylic acids is 1. The summed E-state index contributed by atoms with van der Waals surface area (Å²) in [5.74, 6) is -1.06. The summed E-state index contributed by atoms with van der Waals surface area (Å²) in [5, 5.41) is 11.8. The lowest BCUT2D eigenvalue weighted by atomic mass is 9.79. The van der Waals surface area contributed by atoms with Gasteiger partial charge in [-0.25, -0.2) is 4.79 Å². The molecule has 110 valence electrons. The minimum Gasteiger partial charge on any atom is -0.480 e. The highest BCUT2D eigenvalue weighted by molar-refractivity contribution is 5.87. The minimum absolute atomic E-state index is 0.199. The van der Waals surface area contributed by atoms with Gasteiger partial charge in [-0.15, -0.1) is 0 Å². The quantitative estimate of drug-likeness (QED) is 0.648. The van der Waals surface area contributed by atoms with Gasteiger partial charge in [0.05, 0.1) is 5.41 Å². The molecule has 6 nitrogen and oxygen atoms in total. The van der Waals surface area contributed by atoms with Crippen molar-refractivity contribution >= 4 is 11.9 Å². The third-order valence-electron chi connectivity index (χ3n) is 3.63. The van der Waals surface area contributed by atoms with Crippen LogP contribution in [0.2, 0.25) is 0 Å². The minimum atomic E-state index is -0.999. The lowest BCUT2D eigenvalue weighted by Gasteiger charge is -2.35. The average Bonchev–Trinajstić information content (AvgIpc) is 2.38. The van der Waals surface area contributed by atoms with Crippen molar-refractivity contribution in [2.24, 2.45) is 17.1 Å². The molecule has 19 heavy (non-hydrogen) atoms. The largest absolute Gasteiger partial charge is 0.480 e. The molecule has 1 amide bonds. The molecule has 0 spiro atoms. The first kappa shape index (κ1) is 15.9. The zero-order valence-electron chi connectivity index (χ0n) is 11.6. The van der Waals surface area contributed by atoms with Crippen molar-refractivity contribution in [2.75, 3.05) is 19.8 Å². The Balaban J connectivity index is 2.71. The van der Waals surface area contributed by atoms with Crippen molar-refractivity contribution in [1.82, 2.24) is 5.32 Å². The molecule has 6 heteroatoms. The predicted octanol–water partition coefficient (Wildman–Crippen LogP) is 0.357. The maximum atomic E-state index is 12.3. The number of nitrogens with one attached hydrogen (secondary N) is 1. The second kappa shape index (κ2) is 6.86. The number of hydrogen-bond donors (Lipinski definition) is 3. The van der Waals surface area contributed by atoms with E-state index in [0.717, 1.165) is 0 Å². The summed E-state index contributed by atoms with van der Waals surface area (Å²) in [4.78, 5) is 23.5. The highest BCUT2D eigenvalue weighted by Crippen LogP contribution is 2.29. The number of hydrogen-bond acceptors (Lipinski definition) is 4. The molecule has 0 aromatic heterocycles. The van der Waals surface area contributed by atoms with E-state index in [1.54, 1.807) is 0 Å². The normalized spacial score (nSPS) is 20.0. The van der Waals surface area contributed by atoms with Crippen molar-refractivity contribution in [1.29, 1.82) is 0 Å². The standard InChI is InChI=1S/C13H24N2O4/c1-9(2)7-10(11(16)17)15-12(18)13(8-14)3-5-19-6-4-13/h9-10H,3-8,14H2,1-2H3,(H,15,18)(H,16,17)/t10-/m0/s1. The van der Waals surface area contributed by atoms with E-state index in [9.17, 15) is 9.59 Å². The van der Waals surface area contributed by atoms with Gasteiger partial charge in [0.2, 0.25) is 5.91 Å². The molecule has 4 N–H and O–H groups in total. The van der Waals surface area contributed by atoms with Crippen LogP contribution in [0.3, 0.4) is 0 Å². The Kier molecular flexibility index (Phi) is 5.75. The molecule has 0 aliphatic carbocycles. The number of carbonyl (C=O) groups is 2. The van der Waals surface area contributed by atoms with Crippen molar-refractivity contribution in [3.05, 3.63) is 0 Å². The Hall–Kier alpha value is -1.14. The van der Waals surface area contributed by atoms with E-state index < -0.39 is 17.4 Å². The fourth-order valence-electron chi connectivity index (χ4n) is 2.29. The van der Waals surface area contributed by atoms with E-state index in [2.05, 4.69) is 5.32 Å². The number of carboxylic acid groups (broad SMARTS) is 1. The molecular formula is C13H24N2O4. The van der Waals surface area contributed by atoms with Gasteiger partial charge in [-0.3, -0.25) is 4.79 Å². The third kappa shape index (κ3) is 4.18. The van der Waals surface area contributed by atoms with Gasteiger partial charge in [-0.05, 0) is 25.2 Å². The van der Waals surface area contributed by atoms with E-state index in [-0.39, 0.29) is 18.4 Å². The summed E-state index contributed by atoms with van der Waals surface area (Å²) in [6.45, 7) is 5.06. The number of amides is 1. The molecule has 0 aromatic rings. The van der Waals surface area contributed by atoms with Crippen LogP contribution in [0.25, 0.3) is 0 Å². The molecule has 1 rings (SSSR count). The third-order valence-corrected chi connectivity index (χ3v) is 3.63. The molecule has 0 bridgehead atoms. The summed E-state index contributed by atoms with van der Waals surface area (Å²) < 4.78 is 5.24. The molecular weight excluding hydrogens is 248 g/mol. The van der Waals surface area contributed by atoms with E-state index in [0.29, 0.717) is 32.5 Å². The first-order valence-electron chi connectivity index (χ1n) is 6.73. The van der Waals surface area contributed by atoms with Crippen LogP contribution in [0.5, 0.6) is 0 Å². The van der Waals surface area contributed by atoms with Gasteiger partial charge in [-0.2, -0.15) is 0 Å². The zero-order valence-corrected chi connectivity index (χ0v) is 11.6.